The number of hydrogen-bond donors (Lipinski definition) is 1. The predicted molar refractivity (Wildman–Crippen MR) is 111 cm³/mol. The van der Waals surface area contributed by atoms with E-state index in [0.717, 1.165) is 30.6 Å². The lowest BCUT2D eigenvalue weighted by Gasteiger charge is -2.35. The van der Waals surface area contributed by atoms with E-state index in [-0.39, 0.29) is 0 Å². The van der Waals surface area contributed by atoms with E-state index in [2.05, 4.69) is 50.5 Å². The van der Waals surface area contributed by atoms with Crippen LogP contribution in [0, 0.1) is 5.92 Å². The normalized spacial score (nSPS) is 18.2. The minimum absolute atomic E-state index is 0.581. The molecule has 1 fully saturated rings. The third-order valence-corrected chi connectivity index (χ3v) is 5.34. The largest absolute Gasteiger partial charge is 0.356 e. The standard InChI is InChI=1S/C19H35ClN6/c1-6-25-7-9-26(10-8-25)13-16(2)12-22-19(21-3)24(5)15-18-11-17(20)14-23(18)4/h11,14,16H,6-10,12-13,15H2,1-5H3,(H,21,22). The zero-order valence-electron chi connectivity index (χ0n) is 17.0. The molecule has 2 heterocycles. The van der Waals surface area contributed by atoms with E-state index in [1.54, 1.807) is 0 Å². The molecule has 6 nitrogen and oxygen atoms in total. The number of aryl methyl sites for hydroxylation is 1. The van der Waals surface area contributed by atoms with Crippen LogP contribution in [-0.4, -0.2) is 85.1 Å². The second-order valence-corrected chi connectivity index (χ2v) is 7.82. The summed E-state index contributed by atoms with van der Waals surface area (Å²) in [7, 11) is 5.92. The first-order chi connectivity index (χ1) is 12.4. The average molecular weight is 383 g/mol. The Morgan fingerprint density at radius 1 is 1.31 bits per heavy atom. The first-order valence-corrected chi connectivity index (χ1v) is 9.98. The Hall–Kier alpha value is -1.24. The highest BCUT2D eigenvalue weighted by molar-refractivity contribution is 6.30. The minimum atomic E-state index is 0.581. The molecule has 0 saturated carbocycles. The minimum Gasteiger partial charge on any atom is -0.356 e. The van der Waals surface area contributed by atoms with Gasteiger partial charge in [0, 0.05) is 72.3 Å². The van der Waals surface area contributed by atoms with Crippen LogP contribution < -0.4 is 5.32 Å². The lowest BCUT2D eigenvalue weighted by molar-refractivity contribution is 0.124. The molecule has 1 aliphatic rings. The molecule has 148 valence electrons. The van der Waals surface area contributed by atoms with Crippen molar-refractivity contribution in [3.8, 4) is 0 Å². The Labute approximate surface area is 163 Å². The highest BCUT2D eigenvalue weighted by Gasteiger charge is 2.18. The fourth-order valence-electron chi connectivity index (χ4n) is 3.48. The van der Waals surface area contributed by atoms with Gasteiger partial charge in [-0.05, 0) is 18.5 Å². The molecule has 0 radical (unpaired) electrons. The zero-order chi connectivity index (χ0) is 19.1. The molecule has 0 aromatic carbocycles. The summed E-state index contributed by atoms with van der Waals surface area (Å²) in [6, 6.07) is 2.00. The van der Waals surface area contributed by atoms with E-state index in [0.29, 0.717) is 5.92 Å². The summed E-state index contributed by atoms with van der Waals surface area (Å²) in [6.07, 6.45) is 1.93. The summed E-state index contributed by atoms with van der Waals surface area (Å²) in [4.78, 5) is 11.7. The summed E-state index contributed by atoms with van der Waals surface area (Å²) in [5, 5.41) is 4.30. The molecule has 1 N–H and O–H groups in total. The molecule has 0 aliphatic carbocycles. The van der Waals surface area contributed by atoms with Crippen LogP contribution in [0.1, 0.15) is 19.5 Å². The van der Waals surface area contributed by atoms with Crippen molar-refractivity contribution in [3.63, 3.8) is 0 Å². The summed E-state index contributed by atoms with van der Waals surface area (Å²) in [6.45, 7) is 13.3. The van der Waals surface area contributed by atoms with Crippen LogP contribution in [0.5, 0.6) is 0 Å². The molecule has 26 heavy (non-hydrogen) atoms. The molecule has 0 bridgehead atoms. The molecular formula is C19H35ClN6. The Morgan fingerprint density at radius 3 is 2.50 bits per heavy atom. The van der Waals surface area contributed by atoms with Gasteiger partial charge in [-0.15, -0.1) is 0 Å². The highest BCUT2D eigenvalue weighted by atomic mass is 35.5. The maximum atomic E-state index is 6.08. The van der Waals surface area contributed by atoms with Crippen LogP contribution in [0.3, 0.4) is 0 Å². The van der Waals surface area contributed by atoms with Crippen molar-refractivity contribution in [1.82, 2.24) is 24.6 Å². The molecule has 1 atom stereocenters. The maximum Gasteiger partial charge on any atom is 0.193 e. The number of rotatable bonds is 7. The first kappa shape index (κ1) is 21.1. The SMILES string of the molecule is CCN1CCN(CC(C)CNC(=NC)N(C)Cc2cc(Cl)cn2C)CC1. The molecule has 1 saturated heterocycles. The molecule has 2 rings (SSSR count). The quantitative estimate of drug-likeness (QED) is 0.578. The number of hydrogen-bond acceptors (Lipinski definition) is 3. The van der Waals surface area contributed by atoms with Crippen molar-refractivity contribution >= 4 is 17.6 Å². The van der Waals surface area contributed by atoms with Crippen LogP contribution >= 0.6 is 11.6 Å². The van der Waals surface area contributed by atoms with Gasteiger partial charge in [0.05, 0.1) is 11.6 Å². The van der Waals surface area contributed by atoms with Crippen molar-refractivity contribution < 1.29 is 0 Å². The van der Waals surface area contributed by atoms with Crippen molar-refractivity contribution in [3.05, 3.63) is 23.0 Å². The number of likely N-dealkylation sites (N-methyl/N-ethyl adjacent to an activating group) is 1. The number of aromatic nitrogens is 1. The van der Waals surface area contributed by atoms with E-state index < -0.39 is 0 Å². The number of nitrogens with one attached hydrogen (secondary N) is 1. The van der Waals surface area contributed by atoms with Crippen LogP contribution in [0.15, 0.2) is 17.3 Å². The Balaban J connectivity index is 1.76. The number of aliphatic imine (C=N–C) groups is 1. The molecule has 1 unspecified atom stereocenters. The third kappa shape index (κ3) is 6.18. The maximum absolute atomic E-state index is 6.08. The summed E-state index contributed by atoms with van der Waals surface area (Å²) < 4.78 is 2.06. The zero-order valence-corrected chi connectivity index (χ0v) is 17.8. The van der Waals surface area contributed by atoms with Crippen molar-refractivity contribution in [2.75, 3.05) is 59.9 Å². The fourth-order valence-corrected chi connectivity index (χ4v) is 3.76. The molecular weight excluding hydrogens is 348 g/mol. The van der Waals surface area contributed by atoms with E-state index in [1.807, 2.05) is 26.4 Å². The van der Waals surface area contributed by atoms with Gasteiger partial charge in [-0.25, -0.2) is 0 Å². The molecule has 0 spiro atoms. The molecule has 0 amide bonds. The van der Waals surface area contributed by atoms with E-state index in [4.69, 9.17) is 11.6 Å². The molecule has 1 aromatic heterocycles. The molecule has 1 aliphatic heterocycles. The monoisotopic (exact) mass is 382 g/mol. The molecule has 7 heteroatoms. The first-order valence-electron chi connectivity index (χ1n) is 9.60. The second kappa shape index (κ2) is 10.2. The van der Waals surface area contributed by atoms with E-state index in [9.17, 15) is 0 Å². The number of halogens is 1. The van der Waals surface area contributed by atoms with Crippen molar-refractivity contribution in [2.45, 2.75) is 20.4 Å². The van der Waals surface area contributed by atoms with Gasteiger partial charge < -0.3 is 24.6 Å². The topological polar surface area (TPSA) is 39.0 Å². The lowest BCUT2D eigenvalue weighted by atomic mass is 10.1. The van der Waals surface area contributed by atoms with Gasteiger partial charge >= 0.3 is 0 Å². The van der Waals surface area contributed by atoms with E-state index in [1.165, 1.54) is 38.4 Å². The van der Waals surface area contributed by atoms with Crippen molar-refractivity contribution in [2.24, 2.45) is 18.0 Å². The number of piperazine rings is 1. The van der Waals surface area contributed by atoms with Gasteiger partial charge in [0.25, 0.3) is 0 Å². The highest BCUT2D eigenvalue weighted by Crippen LogP contribution is 2.14. The summed E-state index contributed by atoms with van der Waals surface area (Å²) >= 11 is 6.08. The number of guanidine groups is 1. The van der Waals surface area contributed by atoms with Crippen LogP contribution in [0.25, 0.3) is 0 Å². The Kier molecular flexibility index (Phi) is 8.25. The van der Waals surface area contributed by atoms with Crippen LogP contribution in [-0.2, 0) is 13.6 Å². The Morgan fingerprint density at radius 2 is 1.96 bits per heavy atom. The smallest absolute Gasteiger partial charge is 0.193 e. The number of nitrogens with zero attached hydrogens (tertiary/aromatic N) is 5. The van der Waals surface area contributed by atoms with Gasteiger partial charge in [-0.2, -0.15) is 0 Å². The van der Waals surface area contributed by atoms with Gasteiger partial charge in [0.15, 0.2) is 5.96 Å². The average Bonchev–Trinajstić information content (AvgIpc) is 2.93. The van der Waals surface area contributed by atoms with Gasteiger partial charge in [0.1, 0.15) is 0 Å². The third-order valence-electron chi connectivity index (χ3n) is 5.14. The van der Waals surface area contributed by atoms with Gasteiger partial charge in [-0.3, -0.25) is 4.99 Å². The van der Waals surface area contributed by atoms with Crippen LogP contribution in [0.4, 0.5) is 0 Å². The van der Waals surface area contributed by atoms with Crippen molar-refractivity contribution in [1.29, 1.82) is 0 Å². The summed E-state index contributed by atoms with van der Waals surface area (Å²) in [5.74, 6) is 1.50. The fraction of sp³-hybridized carbons (Fsp3) is 0.737. The summed E-state index contributed by atoms with van der Waals surface area (Å²) in [5.41, 5.74) is 1.17. The molecule has 1 aromatic rings. The predicted octanol–water partition coefficient (Wildman–Crippen LogP) is 1.96. The van der Waals surface area contributed by atoms with Crippen LogP contribution in [0.2, 0.25) is 5.02 Å². The second-order valence-electron chi connectivity index (χ2n) is 7.38. The van der Waals surface area contributed by atoms with Gasteiger partial charge in [-0.1, -0.05) is 25.4 Å². The van der Waals surface area contributed by atoms with Gasteiger partial charge in [0.2, 0.25) is 0 Å². The Bertz CT molecular complexity index is 577. The van der Waals surface area contributed by atoms with E-state index >= 15 is 0 Å². The lowest BCUT2D eigenvalue weighted by Crippen LogP contribution is -2.48.